The molecule has 0 nitrogen and oxygen atoms in total. The Morgan fingerprint density at radius 1 is 1.12 bits per heavy atom. The van der Waals surface area contributed by atoms with Crippen molar-refractivity contribution in [3.8, 4) is 0 Å². The lowest BCUT2D eigenvalue weighted by Gasteiger charge is -2.49. The Labute approximate surface area is 149 Å². The fraction of sp³-hybridized carbons (Fsp3) is 0.667. The zero-order valence-electron chi connectivity index (χ0n) is 16.5. The highest BCUT2D eigenvalue weighted by atomic mass is 14.6. The summed E-state index contributed by atoms with van der Waals surface area (Å²) in [6, 6.07) is 7.25. The summed E-state index contributed by atoms with van der Waals surface area (Å²) in [4.78, 5) is 0. The number of benzene rings is 1. The van der Waals surface area contributed by atoms with Gasteiger partial charge in [-0.05, 0) is 86.2 Å². The van der Waals surface area contributed by atoms with Crippen LogP contribution in [0.2, 0.25) is 0 Å². The second-order valence-corrected chi connectivity index (χ2v) is 8.25. The van der Waals surface area contributed by atoms with Crippen LogP contribution in [0.3, 0.4) is 0 Å². The number of aryl methyl sites for hydroxylation is 2. The van der Waals surface area contributed by atoms with Gasteiger partial charge in [0.1, 0.15) is 0 Å². The molecule has 4 rings (SSSR count). The first-order valence-corrected chi connectivity index (χ1v) is 10.4. The Hall–Kier alpha value is -1.04. The second kappa shape index (κ2) is 7.06. The molecule has 132 valence electrons. The largest absolute Gasteiger partial charge is 0.0850 e. The van der Waals surface area contributed by atoms with E-state index in [0.29, 0.717) is 5.41 Å². The van der Waals surface area contributed by atoms with Crippen LogP contribution >= 0.6 is 0 Å². The average Bonchev–Trinajstić information content (AvgIpc) is 2.93. The first-order valence-electron chi connectivity index (χ1n) is 10.4. The Balaban J connectivity index is 0.000000815. The molecule has 0 amide bonds. The smallest absolute Gasteiger partial charge is 0.00850 e. The van der Waals surface area contributed by atoms with Gasteiger partial charge < -0.3 is 0 Å². The van der Waals surface area contributed by atoms with Crippen LogP contribution in [0.5, 0.6) is 0 Å². The number of hydrogen-bond acceptors (Lipinski definition) is 0. The maximum atomic E-state index is 2.59. The van der Waals surface area contributed by atoms with Crippen molar-refractivity contribution in [3.63, 3.8) is 0 Å². The lowest BCUT2D eigenvalue weighted by atomic mass is 9.55. The van der Waals surface area contributed by atoms with E-state index in [0.717, 1.165) is 17.8 Å². The molecule has 0 radical (unpaired) electrons. The molecule has 24 heavy (non-hydrogen) atoms. The summed E-state index contributed by atoms with van der Waals surface area (Å²) in [7, 11) is 0. The molecule has 1 aromatic rings. The van der Waals surface area contributed by atoms with Crippen LogP contribution in [0.4, 0.5) is 0 Å². The molecule has 3 unspecified atom stereocenters. The average molecular weight is 325 g/mol. The summed E-state index contributed by atoms with van der Waals surface area (Å²) >= 11 is 0. The van der Waals surface area contributed by atoms with Crippen molar-refractivity contribution in [2.75, 3.05) is 0 Å². The van der Waals surface area contributed by atoms with Crippen LogP contribution in [0, 0.1) is 24.2 Å². The van der Waals surface area contributed by atoms with E-state index in [1.165, 1.54) is 50.5 Å². The molecule has 3 aliphatic carbocycles. The Bertz CT molecular complexity index is 608. The number of rotatable bonds is 1. The van der Waals surface area contributed by atoms with Crippen molar-refractivity contribution in [3.05, 3.63) is 46.5 Å². The summed E-state index contributed by atoms with van der Waals surface area (Å²) in [5, 5.41) is 0. The van der Waals surface area contributed by atoms with E-state index in [4.69, 9.17) is 0 Å². The first kappa shape index (κ1) is 17.8. The van der Waals surface area contributed by atoms with E-state index in [2.05, 4.69) is 45.0 Å². The van der Waals surface area contributed by atoms with Gasteiger partial charge in [-0.15, -0.1) is 0 Å². The van der Waals surface area contributed by atoms with Crippen molar-refractivity contribution in [1.29, 1.82) is 0 Å². The summed E-state index contributed by atoms with van der Waals surface area (Å²) in [5.74, 6) is 2.73. The molecule has 3 aliphatic rings. The topological polar surface area (TPSA) is 0 Å². The molecule has 0 bridgehead atoms. The zero-order chi connectivity index (χ0) is 17.3. The highest BCUT2D eigenvalue weighted by Crippen LogP contribution is 2.62. The van der Waals surface area contributed by atoms with Crippen LogP contribution in [0.15, 0.2) is 29.8 Å². The summed E-state index contributed by atoms with van der Waals surface area (Å²) < 4.78 is 0. The monoisotopic (exact) mass is 324 g/mol. The van der Waals surface area contributed by atoms with Crippen molar-refractivity contribution in [1.82, 2.24) is 0 Å². The second-order valence-electron chi connectivity index (χ2n) is 8.25. The van der Waals surface area contributed by atoms with Gasteiger partial charge in [-0.25, -0.2) is 0 Å². The summed E-state index contributed by atoms with van der Waals surface area (Å²) in [5.41, 5.74) is 7.13. The third-order valence-electron chi connectivity index (χ3n) is 7.18. The third kappa shape index (κ3) is 2.76. The van der Waals surface area contributed by atoms with Crippen molar-refractivity contribution >= 4 is 0 Å². The van der Waals surface area contributed by atoms with Gasteiger partial charge in [-0.2, -0.15) is 0 Å². The maximum absolute atomic E-state index is 2.59. The molecule has 0 N–H and O–H groups in total. The van der Waals surface area contributed by atoms with Crippen LogP contribution in [-0.2, 0) is 6.42 Å². The number of hydrogen-bond donors (Lipinski definition) is 0. The number of fused-ring (bicyclic) bond motifs is 5. The normalized spacial score (nSPS) is 35.5. The highest BCUT2D eigenvalue weighted by molar-refractivity contribution is 5.38. The van der Waals surface area contributed by atoms with Crippen molar-refractivity contribution < 1.29 is 0 Å². The van der Waals surface area contributed by atoms with Crippen LogP contribution in [0.1, 0.15) is 88.8 Å². The van der Waals surface area contributed by atoms with E-state index in [1.54, 1.807) is 16.7 Å². The van der Waals surface area contributed by atoms with Gasteiger partial charge in [0.05, 0.1) is 0 Å². The molecule has 0 saturated heterocycles. The third-order valence-corrected chi connectivity index (χ3v) is 7.18. The van der Waals surface area contributed by atoms with Gasteiger partial charge in [-0.3, -0.25) is 0 Å². The van der Waals surface area contributed by atoms with Crippen molar-refractivity contribution in [2.24, 2.45) is 17.3 Å². The highest BCUT2D eigenvalue weighted by Gasteiger charge is 2.52. The molecule has 0 aromatic heterocycles. The predicted octanol–water partition coefficient (Wildman–Crippen LogP) is 7.21. The Morgan fingerprint density at radius 2 is 1.92 bits per heavy atom. The molecule has 0 heterocycles. The first-order chi connectivity index (χ1) is 11.6. The van der Waals surface area contributed by atoms with Gasteiger partial charge in [0, 0.05) is 0 Å². The molecule has 2 saturated carbocycles. The molecular formula is C24H36. The molecule has 2 fully saturated rings. The summed E-state index contributed by atoms with van der Waals surface area (Å²) in [6.45, 7) is 11.1. The zero-order valence-corrected chi connectivity index (χ0v) is 16.5. The molecule has 0 spiro atoms. The van der Waals surface area contributed by atoms with E-state index in [1.807, 2.05) is 13.8 Å². The molecule has 0 heteroatoms. The predicted molar refractivity (Wildman–Crippen MR) is 106 cm³/mol. The van der Waals surface area contributed by atoms with Gasteiger partial charge in [-0.1, -0.05) is 63.1 Å². The van der Waals surface area contributed by atoms with Gasteiger partial charge in [0.2, 0.25) is 0 Å². The van der Waals surface area contributed by atoms with E-state index >= 15 is 0 Å². The fourth-order valence-electron chi connectivity index (χ4n) is 6.14. The van der Waals surface area contributed by atoms with Gasteiger partial charge in [0.25, 0.3) is 0 Å². The fourth-order valence-corrected chi connectivity index (χ4v) is 6.14. The molecule has 0 aliphatic heterocycles. The van der Waals surface area contributed by atoms with Crippen LogP contribution in [-0.4, -0.2) is 0 Å². The lowest BCUT2D eigenvalue weighted by molar-refractivity contribution is 0.0813. The van der Waals surface area contributed by atoms with Crippen LogP contribution in [0.25, 0.3) is 0 Å². The van der Waals surface area contributed by atoms with E-state index in [9.17, 15) is 0 Å². The van der Waals surface area contributed by atoms with Crippen molar-refractivity contribution in [2.45, 2.75) is 85.5 Å². The molecular weight excluding hydrogens is 288 g/mol. The quantitative estimate of drug-likeness (QED) is 0.479. The Morgan fingerprint density at radius 3 is 2.67 bits per heavy atom. The minimum Gasteiger partial charge on any atom is -0.0850 e. The SMILES string of the molecule is CC.CCC=C1CCC2C3CCc4cc(C)ccc4C3CC[C@]12C. The number of allylic oxidation sites excluding steroid dienone is 2. The standard InChI is InChI=1S/C22H30.C2H6/c1-4-5-17-8-11-21-20-10-7-16-14-15(2)6-9-18(16)19(20)12-13-22(17,21)3;1-2/h5-6,9,14,19-21H,4,7-8,10-13H2,1-3H3;1-2H3/t19?,20?,21?,22-;/m1./s1. The van der Waals surface area contributed by atoms with Crippen LogP contribution < -0.4 is 0 Å². The molecule has 1 aromatic carbocycles. The molecule has 4 atom stereocenters. The van der Waals surface area contributed by atoms with Gasteiger partial charge >= 0.3 is 0 Å². The minimum atomic E-state index is 0.527. The summed E-state index contributed by atoms with van der Waals surface area (Å²) in [6.07, 6.45) is 12.2. The van der Waals surface area contributed by atoms with E-state index in [-0.39, 0.29) is 0 Å². The van der Waals surface area contributed by atoms with E-state index < -0.39 is 0 Å². The maximum Gasteiger partial charge on any atom is -0.00850 e. The Kier molecular flexibility index (Phi) is 5.23. The van der Waals surface area contributed by atoms with Gasteiger partial charge in [0.15, 0.2) is 0 Å². The lowest BCUT2D eigenvalue weighted by Crippen LogP contribution is -2.40. The minimum absolute atomic E-state index is 0.527.